The van der Waals surface area contributed by atoms with E-state index < -0.39 is 11.6 Å². The van der Waals surface area contributed by atoms with E-state index in [1.807, 2.05) is 13.8 Å². The fourth-order valence-corrected chi connectivity index (χ4v) is 0.938. The molecule has 0 fully saturated rings. The van der Waals surface area contributed by atoms with Gasteiger partial charge < -0.3 is 14.5 Å². The topological polar surface area (TPSA) is 64.2 Å². The Hall–Kier alpha value is -1.36. The molecule has 0 bridgehead atoms. The second kappa shape index (κ2) is 3.79. The molecular formula is C9H14N2O3. The Balaban J connectivity index is 2.93. The monoisotopic (exact) mass is 198 g/mol. The normalized spacial score (nSPS) is 11.4. The standard InChI is InChI=1S/C9H14N2O3/c1-9(2,14-4)8-10-5-6(11-8)7(12)13-3/h5H,1-4H3,(H,10,11). The van der Waals surface area contributed by atoms with E-state index >= 15 is 0 Å². The average molecular weight is 198 g/mol. The van der Waals surface area contributed by atoms with Crippen molar-refractivity contribution in [3.05, 3.63) is 17.7 Å². The number of nitrogens with zero attached hydrogens (tertiary/aromatic N) is 1. The lowest BCUT2D eigenvalue weighted by Gasteiger charge is -2.19. The summed E-state index contributed by atoms with van der Waals surface area (Å²) in [5.74, 6) is 0.163. The number of aromatic nitrogens is 2. The molecule has 0 aliphatic rings. The molecule has 0 saturated heterocycles. The molecule has 5 nitrogen and oxygen atoms in total. The smallest absolute Gasteiger partial charge is 0.356 e. The number of carbonyl (C=O) groups excluding carboxylic acids is 1. The van der Waals surface area contributed by atoms with Crippen molar-refractivity contribution in [3.63, 3.8) is 0 Å². The van der Waals surface area contributed by atoms with Gasteiger partial charge in [0.15, 0.2) is 0 Å². The molecule has 14 heavy (non-hydrogen) atoms. The van der Waals surface area contributed by atoms with Gasteiger partial charge in [0.05, 0.1) is 13.3 Å². The van der Waals surface area contributed by atoms with Crippen molar-refractivity contribution in [2.75, 3.05) is 14.2 Å². The van der Waals surface area contributed by atoms with E-state index in [9.17, 15) is 4.79 Å². The molecule has 0 aliphatic heterocycles. The van der Waals surface area contributed by atoms with Crippen LogP contribution in [0.15, 0.2) is 6.20 Å². The van der Waals surface area contributed by atoms with Crippen LogP contribution in [-0.4, -0.2) is 30.2 Å². The van der Waals surface area contributed by atoms with Crippen molar-refractivity contribution in [3.8, 4) is 0 Å². The van der Waals surface area contributed by atoms with Crippen molar-refractivity contribution in [1.82, 2.24) is 9.97 Å². The Morgan fingerprint density at radius 1 is 1.50 bits per heavy atom. The highest BCUT2D eigenvalue weighted by molar-refractivity contribution is 5.86. The number of aromatic amines is 1. The molecule has 1 aromatic heterocycles. The molecular weight excluding hydrogens is 184 g/mol. The van der Waals surface area contributed by atoms with E-state index in [0.717, 1.165) is 0 Å². The maximum atomic E-state index is 11.1. The number of hydrogen-bond acceptors (Lipinski definition) is 4. The molecule has 0 aliphatic carbocycles. The summed E-state index contributed by atoms with van der Waals surface area (Å²) < 4.78 is 9.75. The molecule has 0 spiro atoms. The number of H-pyrrole nitrogens is 1. The van der Waals surface area contributed by atoms with Gasteiger partial charge in [0.2, 0.25) is 0 Å². The van der Waals surface area contributed by atoms with Crippen molar-refractivity contribution < 1.29 is 14.3 Å². The summed E-state index contributed by atoms with van der Waals surface area (Å²) in [4.78, 5) is 18.0. The summed E-state index contributed by atoms with van der Waals surface area (Å²) in [6.45, 7) is 3.71. The number of methoxy groups -OCH3 is 2. The van der Waals surface area contributed by atoms with Crippen molar-refractivity contribution >= 4 is 5.97 Å². The minimum atomic E-state index is -0.535. The molecule has 1 heterocycles. The Bertz CT molecular complexity index is 331. The maximum absolute atomic E-state index is 11.1. The van der Waals surface area contributed by atoms with Gasteiger partial charge in [-0.2, -0.15) is 0 Å². The van der Waals surface area contributed by atoms with E-state index in [4.69, 9.17) is 4.74 Å². The minimum Gasteiger partial charge on any atom is -0.464 e. The Morgan fingerprint density at radius 2 is 2.14 bits per heavy atom. The lowest BCUT2D eigenvalue weighted by molar-refractivity contribution is 0.0120. The Labute approximate surface area is 82.4 Å². The van der Waals surface area contributed by atoms with Gasteiger partial charge in [0.1, 0.15) is 17.1 Å². The number of esters is 1. The highest BCUT2D eigenvalue weighted by Gasteiger charge is 2.24. The van der Waals surface area contributed by atoms with Crippen LogP contribution in [0.4, 0.5) is 0 Å². The highest BCUT2D eigenvalue weighted by Crippen LogP contribution is 2.20. The van der Waals surface area contributed by atoms with E-state index in [1.165, 1.54) is 13.3 Å². The fourth-order valence-electron chi connectivity index (χ4n) is 0.938. The lowest BCUT2D eigenvalue weighted by Crippen LogP contribution is -2.21. The number of carbonyl (C=O) groups is 1. The second-order valence-electron chi connectivity index (χ2n) is 3.35. The summed E-state index contributed by atoms with van der Waals surface area (Å²) in [7, 11) is 2.91. The van der Waals surface area contributed by atoms with Crippen LogP contribution in [0.5, 0.6) is 0 Å². The zero-order valence-electron chi connectivity index (χ0n) is 8.75. The third-order valence-electron chi connectivity index (χ3n) is 2.06. The van der Waals surface area contributed by atoms with Crippen LogP contribution in [0.3, 0.4) is 0 Å². The van der Waals surface area contributed by atoms with Gasteiger partial charge in [-0.15, -0.1) is 0 Å². The van der Waals surface area contributed by atoms with Crippen LogP contribution >= 0.6 is 0 Å². The number of hydrogen-bond donors (Lipinski definition) is 1. The van der Waals surface area contributed by atoms with Crippen molar-refractivity contribution in [2.45, 2.75) is 19.4 Å². The van der Waals surface area contributed by atoms with Crippen LogP contribution in [0, 0.1) is 0 Å². The molecule has 1 rings (SSSR count). The third kappa shape index (κ3) is 1.93. The summed E-state index contributed by atoms with van der Waals surface area (Å²) in [5.41, 5.74) is -0.209. The second-order valence-corrected chi connectivity index (χ2v) is 3.35. The lowest BCUT2D eigenvalue weighted by atomic mass is 10.1. The molecule has 1 aromatic rings. The molecule has 0 unspecified atom stereocenters. The van der Waals surface area contributed by atoms with Crippen LogP contribution in [0.25, 0.3) is 0 Å². The number of rotatable bonds is 3. The fraction of sp³-hybridized carbons (Fsp3) is 0.556. The van der Waals surface area contributed by atoms with Crippen LogP contribution in [0.1, 0.15) is 30.2 Å². The first kappa shape index (κ1) is 10.7. The van der Waals surface area contributed by atoms with E-state index in [1.54, 1.807) is 7.11 Å². The Kier molecular flexibility index (Phi) is 2.90. The summed E-state index contributed by atoms with van der Waals surface area (Å²) >= 11 is 0. The van der Waals surface area contributed by atoms with Crippen LogP contribution in [-0.2, 0) is 15.1 Å². The molecule has 5 heteroatoms. The SMILES string of the molecule is COC(=O)c1cnc(C(C)(C)OC)[nH]1. The van der Waals surface area contributed by atoms with Gasteiger partial charge in [-0.3, -0.25) is 0 Å². The van der Waals surface area contributed by atoms with E-state index in [2.05, 4.69) is 14.7 Å². The first-order chi connectivity index (χ1) is 6.51. The average Bonchev–Trinajstić information content (AvgIpc) is 2.66. The Morgan fingerprint density at radius 3 is 2.64 bits per heavy atom. The molecule has 0 atom stereocenters. The van der Waals surface area contributed by atoms with Crippen molar-refractivity contribution in [2.24, 2.45) is 0 Å². The van der Waals surface area contributed by atoms with E-state index in [-0.39, 0.29) is 0 Å². The van der Waals surface area contributed by atoms with Crippen molar-refractivity contribution in [1.29, 1.82) is 0 Å². The molecule has 1 N–H and O–H groups in total. The first-order valence-corrected chi connectivity index (χ1v) is 4.20. The quantitative estimate of drug-likeness (QED) is 0.738. The largest absolute Gasteiger partial charge is 0.464 e. The summed E-state index contributed by atoms with van der Waals surface area (Å²) in [6, 6.07) is 0. The highest BCUT2D eigenvalue weighted by atomic mass is 16.5. The summed E-state index contributed by atoms with van der Waals surface area (Å²) in [6.07, 6.45) is 1.43. The minimum absolute atomic E-state index is 0.327. The molecule has 0 aromatic carbocycles. The van der Waals surface area contributed by atoms with Gasteiger partial charge >= 0.3 is 5.97 Å². The van der Waals surface area contributed by atoms with Gasteiger partial charge in [0, 0.05) is 7.11 Å². The number of nitrogens with one attached hydrogen (secondary N) is 1. The van der Waals surface area contributed by atoms with Gasteiger partial charge in [-0.25, -0.2) is 9.78 Å². The van der Waals surface area contributed by atoms with Crippen LogP contribution < -0.4 is 0 Å². The summed E-state index contributed by atoms with van der Waals surface area (Å²) in [5, 5.41) is 0. The zero-order valence-corrected chi connectivity index (χ0v) is 8.75. The molecule has 0 saturated carbocycles. The van der Waals surface area contributed by atoms with Gasteiger partial charge in [-0.05, 0) is 13.8 Å². The maximum Gasteiger partial charge on any atom is 0.356 e. The van der Waals surface area contributed by atoms with E-state index in [0.29, 0.717) is 11.5 Å². The van der Waals surface area contributed by atoms with Crippen LogP contribution in [0.2, 0.25) is 0 Å². The third-order valence-corrected chi connectivity index (χ3v) is 2.06. The molecule has 0 amide bonds. The predicted molar refractivity (Wildman–Crippen MR) is 50.0 cm³/mol. The predicted octanol–water partition coefficient (Wildman–Crippen LogP) is 1.08. The molecule has 0 radical (unpaired) electrons. The molecule has 78 valence electrons. The first-order valence-electron chi connectivity index (χ1n) is 4.20. The van der Waals surface area contributed by atoms with Gasteiger partial charge in [-0.1, -0.05) is 0 Å². The van der Waals surface area contributed by atoms with Gasteiger partial charge in [0.25, 0.3) is 0 Å². The number of ether oxygens (including phenoxy) is 2. The number of imidazole rings is 1. The zero-order chi connectivity index (χ0) is 10.8.